The Balaban J connectivity index is 1.86. The van der Waals surface area contributed by atoms with E-state index in [1.54, 1.807) is 57.2 Å². The minimum atomic E-state index is -0.661. The fourth-order valence-electron chi connectivity index (χ4n) is 2.55. The molecule has 0 radical (unpaired) electrons. The van der Waals surface area contributed by atoms with Crippen LogP contribution in [0.1, 0.15) is 31.9 Å². The quantitative estimate of drug-likeness (QED) is 0.623. The molecule has 2 rings (SSSR count). The molecule has 2 aromatic carbocycles. The van der Waals surface area contributed by atoms with Crippen molar-refractivity contribution in [2.75, 3.05) is 11.9 Å². The van der Waals surface area contributed by atoms with E-state index in [0.29, 0.717) is 10.7 Å². The molecule has 0 saturated heterocycles. The second-order valence-electron chi connectivity index (χ2n) is 7.64. The number of para-hydroxylation sites is 1. The van der Waals surface area contributed by atoms with E-state index < -0.39 is 11.7 Å². The number of carbonyl (C=O) groups is 3. The zero-order valence-corrected chi connectivity index (χ0v) is 18.0. The van der Waals surface area contributed by atoms with Crippen LogP contribution in [0.5, 0.6) is 0 Å². The lowest BCUT2D eigenvalue weighted by atomic mass is 10.1. The summed E-state index contributed by atoms with van der Waals surface area (Å²) < 4.78 is 5.08. The lowest BCUT2D eigenvalue weighted by Gasteiger charge is -2.19. The second-order valence-corrected chi connectivity index (χ2v) is 8.08. The molecule has 8 heteroatoms. The smallest absolute Gasteiger partial charge is 0.408 e. The predicted molar refractivity (Wildman–Crippen MR) is 116 cm³/mol. The molecule has 0 heterocycles. The van der Waals surface area contributed by atoms with Crippen molar-refractivity contribution < 1.29 is 19.1 Å². The fraction of sp³-hybridized carbons (Fsp3) is 0.318. The molecular formula is C22H26ClN3O4. The number of halogens is 1. The van der Waals surface area contributed by atoms with Gasteiger partial charge in [-0.2, -0.15) is 0 Å². The van der Waals surface area contributed by atoms with Crippen LogP contribution in [0.2, 0.25) is 5.02 Å². The van der Waals surface area contributed by atoms with Gasteiger partial charge in [0.2, 0.25) is 11.8 Å². The minimum absolute atomic E-state index is 0.182. The zero-order chi connectivity index (χ0) is 22.1. The molecule has 160 valence electrons. The molecule has 7 nitrogen and oxygen atoms in total. The predicted octanol–water partition coefficient (Wildman–Crippen LogP) is 3.66. The van der Waals surface area contributed by atoms with Crippen LogP contribution in [-0.4, -0.2) is 30.1 Å². The normalized spacial score (nSPS) is 10.8. The molecule has 3 N–H and O–H groups in total. The average Bonchev–Trinajstić information content (AvgIpc) is 2.64. The van der Waals surface area contributed by atoms with Gasteiger partial charge in [-0.05, 0) is 50.1 Å². The molecule has 0 unspecified atom stereocenters. The number of ether oxygens (including phenoxy) is 1. The number of carbonyl (C=O) groups excluding carboxylic acids is 3. The van der Waals surface area contributed by atoms with Crippen LogP contribution in [-0.2, 0) is 27.3 Å². The molecule has 0 aliphatic heterocycles. The summed E-state index contributed by atoms with van der Waals surface area (Å²) >= 11 is 5.96. The monoisotopic (exact) mass is 431 g/mol. The summed E-state index contributed by atoms with van der Waals surface area (Å²) in [7, 11) is 0. The van der Waals surface area contributed by atoms with Crippen LogP contribution >= 0.6 is 11.6 Å². The van der Waals surface area contributed by atoms with Gasteiger partial charge in [-0.1, -0.05) is 41.9 Å². The number of nitrogens with one attached hydrogen (secondary N) is 3. The Morgan fingerprint density at radius 2 is 1.70 bits per heavy atom. The standard InChI is InChI=1S/C22H26ClN3O4/c1-22(2,3)30-21(29)25-14-20(28)24-13-16-8-4-5-10-18(16)26-19(27)12-15-7-6-9-17(23)11-15/h4-11H,12-14H2,1-3H3,(H,24,28)(H,25,29)(H,26,27). The topological polar surface area (TPSA) is 96.5 Å². The third-order valence-corrected chi connectivity index (χ3v) is 4.05. The molecule has 0 aliphatic carbocycles. The van der Waals surface area contributed by atoms with Crippen LogP contribution < -0.4 is 16.0 Å². The summed E-state index contributed by atoms with van der Waals surface area (Å²) in [4.78, 5) is 36.0. The maximum atomic E-state index is 12.4. The number of amides is 3. The van der Waals surface area contributed by atoms with E-state index in [1.807, 2.05) is 12.1 Å². The number of rotatable bonds is 7. The van der Waals surface area contributed by atoms with Gasteiger partial charge in [0.05, 0.1) is 6.42 Å². The van der Waals surface area contributed by atoms with Crippen molar-refractivity contribution in [1.29, 1.82) is 0 Å². The van der Waals surface area contributed by atoms with Crippen LogP contribution in [0.3, 0.4) is 0 Å². The first-order valence-electron chi connectivity index (χ1n) is 9.48. The van der Waals surface area contributed by atoms with Gasteiger partial charge in [0, 0.05) is 17.3 Å². The SMILES string of the molecule is CC(C)(C)OC(=O)NCC(=O)NCc1ccccc1NC(=O)Cc1cccc(Cl)c1. The summed E-state index contributed by atoms with van der Waals surface area (Å²) in [5.74, 6) is -0.566. The number of alkyl carbamates (subject to hydrolysis) is 1. The van der Waals surface area contributed by atoms with Gasteiger partial charge >= 0.3 is 6.09 Å². The van der Waals surface area contributed by atoms with Crippen molar-refractivity contribution in [3.05, 3.63) is 64.7 Å². The molecule has 0 fully saturated rings. The Hall–Kier alpha value is -3.06. The van der Waals surface area contributed by atoms with Gasteiger partial charge in [-0.15, -0.1) is 0 Å². The Bertz CT molecular complexity index is 909. The van der Waals surface area contributed by atoms with Crippen LogP contribution in [0.15, 0.2) is 48.5 Å². The Morgan fingerprint density at radius 1 is 0.967 bits per heavy atom. The van der Waals surface area contributed by atoms with Crippen LogP contribution in [0.4, 0.5) is 10.5 Å². The van der Waals surface area contributed by atoms with E-state index >= 15 is 0 Å². The van der Waals surface area contributed by atoms with Crippen molar-refractivity contribution in [3.8, 4) is 0 Å². The number of hydrogen-bond donors (Lipinski definition) is 3. The first-order chi connectivity index (χ1) is 14.1. The molecule has 2 aromatic rings. The summed E-state index contributed by atoms with van der Waals surface area (Å²) in [6, 6.07) is 14.3. The molecular weight excluding hydrogens is 406 g/mol. The lowest BCUT2D eigenvalue weighted by Crippen LogP contribution is -2.39. The summed E-state index contributed by atoms with van der Waals surface area (Å²) in [6.07, 6.45) is -0.479. The Labute approximate surface area is 181 Å². The summed E-state index contributed by atoms with van der Waals surface area (Å²) in [5.41, 5.74) is 1.51. The third kappa shape index (κ3) is 8.53. The highest BCUT2D eigenvalue weighted by atomic mass is 35.5. The molecule has 0 atom stereocenters. The molecule has 0 aromatic heterocycles. The van der Waals surface area contributed by atoms with Crippen molar-refractivity contribution in [2.45, 2.75) is 39.3 Å². The lowest BCUT2D eigenvalue weighted by molar-refractivity contribution is -0.120. The van der Waals surface area contributed by atoms with Crippen molar-refractivity contribution >= 4 is 35.2 Å². The van der Waals surface area contributed by atoms with Gasteiger partial charge in [-0.25, -0.2) is 4.79 Å². The van der Waals surface area contributed by atoms with E-state index in [-0.39, 0.29) is 31.3 Å². The van der Waals surface area contributed by atoms with E-state index in [9.17, 15) is 14.4 Å². The van der Waals surface area contributed by atoms with Crippen molar-refractivity contribution in [1.82, 2.24) is 10.6 Å². The average molecular weight is 432 g/mol. The van der Waals surface area contributed by atoms with E-state index in [1.165, 1.54) is 0 Å². The highest BCUT2D eigenvalue weighted by Crippen LogP contribution is 2.16. The maximum Gasteiger partial charge on any atom is 0.408 e. The Morgan fingerprint density at radius 3 is 2.40 bits per heavy atom. The fourth-order valence-corrected chi connectivity index (χ4v) is 2.76. The van der Waals surface area contributed by atoms with Gasteiger partial charge in [0.15, 0.2) is 0 Å². The molecule has 0 bridgehead atoms. The molecule has 30 heavy (non-hydrogen) atoms. The maximum absolute atomic E-state index is 12.4. The highest BCUT2D eigenvalue weighted by molar-refractivity contribution is 6.30. The number of benzene rings is 2. The molecule has 3 amide bonds. The second kappa shape index (κ2) is 10.6. The van der Waals surface area contributed by atoms with Gasteiger partial charge in [0.25, 0.3) is 0 Å². The first-order valence-corrected chi connectivity index (χ1v) is 9.86. The van der Waals surface area contributed by atoms with Gasteiger partial charge in [-0.3, -0.25) is 9.59 Å². The summed E-state index contributed by atoms with van der Waals surface area (Å²) in [6.45, 7) is 5.21. The van der Waals surface area contributed by atoms with Crippen LogP contribution in [0, 0.1) is 0 Å². The van der Waals surface area contributed by atoms with E-state index in [4.69, 9.17) is 16.3 Å². The van der Waals surface area contributed by atoms with Crippen molar-refractivity contribution in [3.63, 3.8) is 0 Å². The molecule has 0 aliphatic rings. The summed E-state index contributed by atoms with van der Waals surface area (Å²) in [5, 5.41) is 8.54. The van der Waals surface area contributed by atoms with Gasteiger partial charge in [0.1, 0.15) is 12.1 Å². The molecule has 0 spiro atoms. The highest BCUT2D eigenvalue weighted by Gasteiger charge is 2.16. The number of anilines is 1. The Kier molecular flexibility index (Phi) is 8.24. The first kappa shape index (κ1) is 23.2. The largest absolute Gasteiger partial charge is 0.444 e. The minimum Gasteiger partial charge on any atom is -0.444 e. The van der Waals surface area contributed by atoms with E-state index in [0.717, 1.165) is 11.1 Å². The molecule has 0 saturated carbocycles. The van der Waals surface area contributed by atoms with Crippen LogP contribution in [0.25, 0.3) is 0 Å². The van der Waals surface area contributed by atoms with E-state index in [2.05, 4.69) is 16.0 Å². The third-order valence-electron chi connectivity index (χ3n) is 3.81. The number of hydrogen-bond acceptors (Lipinski definition) is 4. The zero-order valence-electron chi connectivity index (χ0n) is 17.3. The van der Waals surface area contributed by atoms with Crippen molar-refractivity contribution in [2.24, 2.45) is 0 Å². The van der Waals surface area contributed by atoms with Gasteiger partial charge < -0.3 is 20.7 Å².